The zero-order valence-corrected chi connectivity index (χ0v) is 13.5. The second-order valence-electron chi connectivity index (χ2n) is 6.12. The van der Waals surface area contributed by atoms with Gasteiger partial charge >= 0.3 is 5.69 Å². The molecule has 0 amide bonds. The van der Waals surface area contributed by atoms with Gasteiger partial charge in [-0.1, -0.05) is 20.8 Å². The largest absolute Gasteiger partial charge is 0.309 e. The lowest BCUT2D eigenvalue weighted by Gasteiger charge is -2.20. The number of nitro benzene ring substituents is 1. The van der Waals surface area contributed by atoms with E-state index in [0.717, 1.165) is 6.07 Å². The summed E-state index contributed by atoms with van der Waals surface area (Å²) in [4.78, 5) is 9.75. The molecule has 0 spiro atoms. The number of benzene rings is 1. The fraction of sp³-hybridized carbons (Fsp3) is 0.538. The van der Waals surface area contributed by atoms with E-state index >= 15 is 0 Å². The molecule has 0 atom stereocenters. The van der Waals surface area contributed by atoms with Crippen LogP contribution in [0.5, 0.6) is 0 Å². The van der Waals surface area contributed by atoms with Gasteiger partial charge < -0.3 is 0 Å². The van der Waals surface area contributed by atoms with Crippen LogP contribution in [0.3, 0.4) is 0 Å². The van der Waals surface area contributed by atoms with Gasteiger partial charge in [-0.3, -0.25) is 10.1 Å². The smallest absolute Gasteiger partial charge is 0.258 e. The first-order chi connectivity index (χ1) is 9.37. The van der Waals surface area contributed by atoms with Crippen LogP contribution in [0.15, 0.2) is 11.0 Å². The summed E-state index contributed by atoms with van der Waals surface area (Å²) < 4.78 is 40.8. The highest BCUT2D eigenvalue weighted by Crippen LogP contribution is 2.31. The van der Waals surface area contributed by atoms with Crippen LogP contribution in [0.1, 0.15) is 31.9 Å². The fourth-order valence-corrected chi connectivity index (χ4v) is 3.68. The third-order valence-corrected chi connectivity index (χ3v) is 4.56. The van der Waals surface area contributed by atoms with Crippen molar-refractivity contribution in [2.45, 2.75) is 39.5 Å². The SMILES string of the molecule is Cc1cc(F)c([N+](=O)[O-])c(C)c1S(=O)(=O)NCC(C)(C)C. The van der Waals surface area contributed by atoms with E-state index in [4.69, 9.17) is 0 Å². The molecule has 0 heterocycles. The van der Waals surface area contributed by atoms with E-state index in [0.29, 0.717) is 0 Å². The molecule has 0 fully saturated rings. The molecule has 0 saturated carbocycles. The molecule has 1 aromatic carbocycles. The van der Waals surface area contributed by atoms with Gasteiger partial charge in [0, 0.05) is 6.54 Å². The summed E-state index contributed by atoms with van der Waals surface area (Å²) in [6.07, 6.45) is 0. The molecule has 1 N–H and O–H groups in total. The van der Waals surface area contributed by atoms with Gasteiger partial charge in [0.25, 0.3) is 0 Å². The van der Waals surface area contributed by atoms with Crippen molar-refractivity contribution in [1.82, 2.24) is 4.72 Å². The third kappa shape index (κ3) is 3.98. The number of sulfonamides is 1. The molecule has 0 aliphatic heterocycles. The highest BCUT2D eigenvalue weighted by Gasteiger charge is 2.29. The van der Waals surface area contributed by atoms with Crippen LogP contribution in [0.4, 0.5) is 10.1 Å². The average molecular weight is 318 g/mol. The summed E-state index contributed by atoms with van der Waals surface area (Å²) in [5, 5.41) is 10.9. The summed E-state index contributed by atoms with van der Waals surface area (Å²) in [6.45, 7) is 8.36. The minimum atomic E-state index is -3.95. The molecule has 0 saturated heterocycles. The average Bonchev–Trinajstić information content (AvgIpc) is 2.23. The molecular formula is C13H19FN2O4S. The van der Waals surface area contributed by atoms with Crippen LogP contribution in [0.2, 0.25) is 0 Å². The monoisotopic (exact) mass is 318 g/mol. The molecule has 0 aromatic heterocycles. The van der Waals surface area contributed by atoms with Crippen molar-refractivity contribution in [2.24, 2.45) is 5.41 Å². The molecule has 118 valence electrons. The van der Waals surface area contributed by atoms with Crippen LogP contribution in [0, 0.1) is 35.2 Å². The Labute approximate surface area is 123 Å². The first-order valence-corrected chi connectivity index (χ1v) is 7.79. The van der Waals surface area contributed by atoms with Crippen molar-refractivity contribution in [3.8, 4) is 0 Å². The molecular weight excluding hydrogens is 299 g/mol. The van der Waals surface area contributed by atoms with Gasteiger partial charge in [-0.2, -0.15) is 4.39 Å². The predicted octanol–water partition coefficient (Wildman–Crippen LogP) is 2.68. The number of hydrogen-bond acceptors (Lipinski definition) is 4. The predicted molar refractivity (Wildman–Crippen MR) is 77.2 cm³/mol. The van der Waals surface area contributed by atoms with Crippen molar-refractivity contribution in [2.75, 3.05) is 6.54 Å². The zero-order chi connectivity index (χ0) is 16.6. The Hall–Kier alpha value is -1.54. The lowest BCUT2D eigenvalue weighted by molar-refractivity contribution is -0.388. The number of nitro groups is 1. The summed E-state index contributed by atoms with van der Waals surface area (Å²) in [5.41, 5.74) is -1.16. The number of rotatable bonds is 4. The quantitative estimate of drug-likeness (QED) is 0.682. The Balaban J connectivity index is 3.43. The Morgan fingerprint density at radius 3 is 2.29 bits per heavy atom. The van der Waals surface area contributed by atoms with E-state index in [2.05, 4.69) is 4.72 Å². The lowest BCUT2D eigenvalue weighted by atomic mass is 9.98. The number of aryl methyl sites for hydroxylation is 1. The van der Waals surface area contributed by atoms with Gasteiger partial charge in [0.2, 0.25) is 15.8 Å². The molecule has 8 heteroatoms. The number of halogens is 1. The van der Waals surface area contributed by atoms with Crippen LogP contribution in [-0.4, -0.2) is 19.9 Å². The molecule has 0 aliphatic rings. The Morgan fingerprint density at radius 1 is 1.33 bits per heavy atom. The molecule has 0 unspecified atom stereocenters. The van der Waals surface area contributed by atoms with Crippen LogP contribution in [-0.2, 0) is 10.0 Å². The highest BCUT2D eigenvalue weighted by molar-refractivity contribution is 7.89. The van der Waals surface area contributed by atoms with Gasteiger partial charge in [0.15, 0.2) is 0 Å². The maximum Gasteiger partial charge on any atom is 0.309 e. The summed E-state index contributed by atoms with van der Waals surface area (Å²) in [5.74, 6) is -1.04. The highest BCUT2D eigenvalue weighted by atomic mass is 32.2. The molecule has 21 heavy (non-hydrogen) atoms. The fourth-order valence-electron chi connectivity index (χ4n) is 1.93. The van der Waals surface area contributed by atoms with E-state index < -0.39 is 26.5 Å². The van der Waals surface area contributed by atoms with Crippen molar-refractivity contribution < 1.29 is 17.7 Å². The van der Waals surface area contributed by atoms with Crippen LogP contribution in [0.25, 0.3) is 0 Å². The van der Waals surface area contributed by atoms with Crippen molar-refractivity contribution in [3.05, 3.63) is 33.1 Å². The van der Waals surface area contributed by atoms with Gasteiger partial charge in [-0.05, 0) is 30.9 Å². The van der Waals surface area contributed by atoms with E-state index in [1.54, 1.807) is 0 Å². The molecule has 1 aromatic rings. The second-order valence-corrected chi connectivity index (χ2v) is 7.82. The zero-order valence-electron chi connectivity index (χ0n) is 12.7. The van der Waals surface area contributed by atoms with Crippen LogP contribution < -0.4 is 4.72 Å². The van der Waals surface area contributed by atoms with Gasteiger partial charge in [0.05, 0.1) is 15.4 Å². The van der Waals surface area contributed by atoms with E-state index in [1.807, 2.05) is 20.8 Å². The molecule has 0 radical (unpaired) electrons. The maximum absolute atomic E-state index is 13.6. The number of hydrogen-bond donors (Lipinski definition) is 1. The summed E-state index contributed by atoms with van der Waals surface area (Å²) in [7, 11) is -3.95. The van der Waals surface area contributed by atoms with Gasteiger partial charge in [0.1, 0.15) is 0 Å². The number of nitrogens with one attached hydrogen (secondary N) is 1. The normalized spacial score (nSPS) is 12.5. The minimum Gasteiger partial charge on any atom is -0.258 e. The minimum absolute atomic E-state index is 0.136. The third-order valence-electron chi connectivity index (χ3n) is 2.87. The molecule has 1 rings (SSSR count). The Morgan fingerprint density at radius 2 is 1.86 bits per heavy atom. The molecule has 6 nitrogen and oxygen atoms in total. The van der Waals surface area contributed by atoms with Crippen LogP contribution >= 0.6 is 0 Å². The van der Waals surface area contributed by atoms with E-state index in [9.17, 15) is 22.9 Å². The van der Waals surface area contributed by atoms with Crippen molar-refractivity contribution in [1.29, 1.82) is 0 Å². The van der Waals surface area contributed by atoms with E-state index in [-0.39, 0.29) is 28.0 Å². The van der Waals surface area contributed by atoms with Gasteiger partial charge in [-0.25, -0.2) is 13.1 Å². The maximum atomic E-state index is 13.6. The Kier molecular flexibility index (Phi) is 4.74. The van der Waals surface area contributed by atoms with Crippen molar-refractivity contribution >= 4 is 15.7 Å². The number of nitrogens with zero attached hydrogens (tertiary/aromatic N) is 1. The standard InChI is InChI=1S/C13H19FN2O4S/c1-8-6-10(14)11(16(17)18)9(2)12(8)21(19,20)15-7-13(3,4)5/h6,15H,7H2,1-5H3. The lowest BCUT2D eigenvalue weighted by Crippen LogP contribution is -2.33. The topological polar surface area (TPSA) is 89.3 Å². The van der Waals surface area contributed by atoms with E-state index in [1.165, 1.54) is 13.8 Å². The molecule has 0 bridgehead atoms. The first-order valence-electron chi connectivity index (χ1n) is 6.30. The van der Waals surface area contributed by atoms with Gasteiger partial charge in [-0.15, -0.1) is 0 Å². The van der Waals surface area contributed by atoms with Crippen molar-refractivity contribution in [3.63, 3.8) is 0 Å². The Bertz CT molecular complexity index is 678. The summed E-state index contributed by atoms with van der Waals surface area (Å²) >= 11 is 0. The second kappa shape index (κ2) is 5.69. The summed E-state index contributed by atoms with van der Waals surface area (Å²) in [6, 6.07) is 0.872. The molecule has 0 aliphatic carbocycles. The first kappa shape index (κ1) is 17.5.